The number of ether oxygens (including phenoxy) is 3. The molecule has 2 aliphatic rings. The lowest BCUT2D eigenvalue weighted by molar-refractivity contribution is -0.134. The molecule has 11 nitrogen and oxygen atoms in total. The van der Waals surface area contributed by atoms with Crippen LogP contribution in [0.25, 0.3) is 22.2 Å². The van der Waals surface area contributed by atoms with E-state index < -0.39 is 12.1 Å². The van der Waals surface area contributed by atoms with Gasteiger partial charge in [-0.05, 0) is 78.6 Å². The van der Waals surface area contributed by atoms with Gasteiger partial charge in [0.2, 0.25) is 23.0 Å². The highest BCUT2D eigenvalue weighted by molar-refractivity contribution is 5.87. The Bertz CT molecular complexity index is 1990. The summed E-state index contributed by atoms with van der Waals surface area (Å²) < 4.78 is 19.4. The van der Waals surface area contributed by atoms with E-state index in [1.165, 1.54) is 6.92 Å². The molecule has 3 aromatic carbocycles. The fourth-order valence-corrected chi connectivity index (χ4v) is 7.62. The number of anilines is 1. The van der Waals surface area contributed by atoms with Crippen LogP contribution in [0, 0.1) is 5.92 Å². The smallest absolute Gasteiger partial charge is 0.245 e. The third-order valence-corrected chi connectivity index (χ3v) is 10.4. The maximum atomic E-state index is 14.5. The minimum absolute atomic E-state index is 0.0543. The topological polar surface area (TPSA) is 124 Å². The molecule has 0 bridgehead atoms. The van der Waals surface area contributed by atoms with Crippen molar-refractivity contribution < 1.29 is 23.8 Å². The molecular weight excluding hydrogens is 634 g/mol. The summed E-state index contributed by atoms with van der Waals surface area (Å²) in [5.41, 5.74) is 5.06. The first-order valence-electron chi connectivity index (χ1n) is 17.4. The van der Waals surface area contributed by atoms with Crippen LogP contribution in [0.2, 0.25) is 0 Å². The summed E-state index contributed by atoms with van der Waals surface area (Å²) in [6.45, 7) is 6.17. The maximum Gasteiger partial charge on any atom is 0.245 e. The summed E-state index contributed by atoms with van der Waals surface area (Å²) in [5, 5.41) is 6.46. The molecule has 4 aromatic rings. The van der Waals surface area contributed by atoms with Crippen LogP contribution in [0.15, 0.2) is 53.3 Å². The van der Waals surface area contributed by atoms with Crippen molar-refractivity contribution in [2.75, 3.05) is 33.2 Å². The second kappa shape index (κ2) is 14.4. The van der Waals surface area contributed by atoms with Crippen LogP contribution >= 0.6 is 0 Å². The van der Waals surface area contributed by atoms with E-state index in [2.05, 4.69) is 15.2 Å². The lowest BCUT2D eigenvalue weighted by Crippen LogP contribution is -2.46. The second-order valence-electron chi connectivity index (χ2n) is 13.3. The van der Waals surface area contributed by atoms with Crippen molar-refractivity contribution in [1.82, 2.24) is 19.8 Å². The van der Waals surface area contributed by atoms with Gasteiger partial charge in [0, 0.05) is 26.1 Å². The third-order valence-electron chi connectivity index (χ3n) is 10.4. The number of amides is 2. The van der Waals surface area contributed by atoms with E-state index in [9.17, 15) is 14.4 Å². The number of benzene rings is 2. The van der Waals surface area contributed by atoms with Crippen molar-refractivity contribution in [1.29, 1.82) is 0 Å². The van der Waals surface area contributed by atoms with Crippen molar-refractivity contribution in [2.24, 2.45) is 13.0 Å². The lowest BCUT2D eigenvalue weighted by atomic mass is 9.95. The molecule has 264 valence electrons. The highest BCUT2D eigenvalue weighted by Crippen LogP contribution is 2.50. The summed E-state index contributed by atoms with van der Waals surface area (Å²) in [4.78, 5) is 48.0. The molecule has 11 heteroatoms. The maximum absolute atomic E-state index is 14.5. The Labute approximate surface area is 292 Å². The number of hydrogen-bond acceptors (Lipinski definition) is 8. The van der Waals surface area contributed by atoms with E-state index in [1.807, 2.05) is 62.2 Å². The number of rotatable bonds is 10. The Morgan fingerprint density at radius 2 is 1.78 bits per heavy atom. The third kappa shape index (κ3) is 6.25. The number of imidazole rings is 1. The lowest BCUT2D eigenvalue weighted by Gasteiger charge is -2.32. The molecule has 2 N–H and O–H groups in total. The molecule has 6 rings (SSSR count). The van der Waals surface area contributed by atoms with Gasteiger partial charge < -0.3 is 34.3 Å². The van der Waals surface area contributed by atoms with E-state index >= 15 is 0 Å². The minimum atomic E-state index is -0.650. The number of likely N-dealkylation sites (tertiary alicyclic amines) is 1. The van der Waals surface area contributed by atoms with Crippen LogP contribution < -0.4 is 30.3 Å². The molecule has 1 fully saturated rings. The monoisotopic (exact) mass is 681 g/mol. The van der Waals surface area contributed by atoms with Crippen LogP contribution in [-0.4, -0.2) is 60.2 Å². The molecular formula is C39H47N5O6. The van der Waals surface area contributed by atoms with E-state index in [4.69, 9.17) is 19.2 Å². The number of fused-ring (bicyclic) bond motifs is 4. The minimum Gasteiger partial charge on any atom is -0.493 e. The van der Waals surface area contributed by atoms with Crippen LogP contribution in [-0.2, 0) is 23.1 Å². The van der Waals surface area contributed by atoms with Crippen LogP contribution in [0.1, 0.15) is 75.5 Å². The standard InChI is InChI=1S/C39H47N5O6/c1-8-22(2)35(39(47)44-19-11-14-31(44)38-42-28-12-9-10-13-30(28)43(38)4)41-29-18-16-25-26(21-32(29)46)27(40-23(3)45)17-15-24-20-33(48-5)36(49-6)37(50-7)34(24)25/h9-10,12-13,16,18,20-22,27,31,35H,8,11,14-15,17,19H2,1-7H3,(H,40,45)(H,41,46)/t22-,27+,31+,35+/m1/s1. The summed E-state index contributed by atoms with van der Waals surface area (Å²) in [5.74, 6) is 1.99. The molecule has 1 aliphatic heterocycles. The van der Waals surface area contributed by atoms with Crippen molar-refractivity contribution in [2.45, 2.75) is 71.0 Å². The van der Waals surface area contributed by atoms with Gasteiger partial charge in [-0.25, -0.2) is 4.98 Å². The molecule has 2 heterocycles. The number of nitrogens with one attached hydrogen (secondary N) is 2. The zero-order valence-electron chi connectivity index (χ0n) is 30.0. The molecule has 0 radical (unpaired) electrons. The number of carbonyl (C=O) groups is 2. The summed E-state index contributed by atoms with van der Waals surface area (Å²) in [6.07, 6.45) is 3.57. The highest BCUT2D eigenvalue weighted by Gasteiger charge is 2.38. The quantitative estimate of drug-likeness (QED) is 0.211. The Kier molecular flexibility index (Phi) is 10.0. The number of nitrogens with zero attached hydrogens (tertiary/aromatic N) is 3. The van der Waals surface area contributed by atoms with Crippen LogP contribution in [0.3, 0.4) is 0 Å². The molecule has 0 spiro atoms. The van der Waals surface area contributed by atoms with Crippen molar-refractivity contribution >= 4 is 28.5 Å². The van der Waals surface area contributed by atoms with Gasteiger partial charge in [0.25, 0.3) is 0 Å². The number of aryl methyl sites for hydroxylation is 2. The van der Waals surface area contributed by atoms with Gasteiger partial charge in [-0.15, -0.1) is 0 Å². The fraction of sp³-hybridized carbons (Fsp3) is 0.436. The van der Waals surface area contributed by atoms with Crippen molar-refractivity contribution in [3.63, 3.8) is 0 Å². The Balaban J connectivity index is 1.43. The summed E-state index contributed by atoms with van der Waals surface area (Å²) in [7, 11) is 6.71. The molecule has 2 amide bonds. The van der Waals surface area contributed by atoms with Gasteiger partial charge in [0.1, 0.15) is 11.9 Å². The summed E-state index contributed by atoms with van der Waals surface area (Å²) >= 11 is 0. The number of methoxy groups -OCH3 is 3. The van der Waals surface area contributed by atoms with Gasteiger partial charge in [0.15, 0.2) is 11.5 Å². The zero-order chi connectivity index (χ0) is 35.7. The Morgan fingerprint density at radius 1 is 1.02 bits per heavy atom. The number of carbonyl (C=O) groups excluding carboxylic acids is 2. The van der Waals surface area contributed by atoms with Gasteiger partial charge in [-0.1, -0.05) is 38.5 Å². The summed E-state index contributed by atoms with van der Waals surface area (Å²) in [6, 6.07) is 13.9. The molecule has 1 aromatic heterocycles. The molecule has 1 saturated heterocycles. The van der Waals surface area contributed by atoms with Gasteiger partial charge in [-0.3, -0.25) is 14.4 Å². The van der Waals surface area contributed by atoms with E-state index in [1.54, 1.807) is 33.5 Å². The predicted molar refractivity (Wildman–Crippen MR) is 194 cm³/mol. The number of para-hydroxylation sites is 2. The van der Waals surface area contributed by atoms with Crippen LogP contribution in [0.5, 0.6) is 17.2 Å². The van der Waals surface area contributed by atoms with Crippen LogP contribution in [0.4, 0.5) is 5.69 Å². The first-order valence-corrected chi connectivity index (χ1v) is 17.4. The Hall–Kier alpha value is -5.06. The zero-order valence-corrected chi connectivity index (χ0v) is 30.0. The first kappa shape index (κ1) is 34.8. The van der Waals surface area contributed by atoms with Crippen molar-refractivity contribution in [3.8, 4) is 28.4 Å². The number of aromatic nitrogens is 2. The highest BCUT2D eigenvalue weighted by atomic mass is 16.5. The first-order chi connectivity index (χ1) is 24.1. The molecule has 1 aliphatic carbocycles. The SMILES string of the molecule is CC[C@@H](C)[C@H](Nc1ccc2c(cc1=O)[C@@H](NC(C)=O)CCc1cc(OC)c(OC)c(OC)c1-2)C(=O)N1CCC[C@H]1c1nc2ccccc2n1C. The molecule has 0 unspecified atom stereocenters. The Morgan fingerprint density at radius 3 is 2.46 bits per heavy atom. The predicted octanol–water partition coefficient (Wildman–Crippen LogP) is 5.94. The molecule has 50 heavy (non-hydrogen) atoms. The normalized spacial score (nSPS) is 18.0. The molecule has 0 saturated carbocycles. The van der Waals surface area contributed by atoms with Gasteiger partial charge in [0.05, 0.1) is 50.1 Å². The average molecular weight is 682 g/mol. The van der Waals surface area contributed by atoms with E-state index in [-0.39, 0.29) is 29.2 Å². The average Bonchev–Trinajstić information content (AvgIpc) is 3.65. The van der Waals surface area contributed by atoms with Crippen molar-refractivity contribution in [3.05, 3.63) is 75.7 Å². The van der Waals surface area contributed by atoms with Gasteiger partial charge in [-0.2, -0.15) is 0 Å². The number of hydrogen-bond donors (Lipinski definition) is 2. The second-order valence-corrected chi connectivity index (χ2v) is 13.3. The largest absolute Gasteiger partial charge is 0.493 e. The van der Waals surface area contributed by atoms with E-state index in [0.29, 0.717) is 47.9 Å². The van der Waals surface area contributed by atoms with E-state index in [0.717, 1.165) is 52.8 Å². The fourth-order valence-electron chi connectivity index (χ4n) is 7.62. The molecule has 4 atom stereocenters. The van der Waals surface area contributed by atoms with Gasteiger partial charge >= 0.3 is 0 Å².